The molecule has 6 nitrogen and oxygen atoms in total. The smallest absolute Gasteiger partial charge is 0.191 e. The molecular formula is C20H34IN3O3S. The van der Waals surface area contributed by atoms with Gasteiger partial charge in [0.25, 0.3) is 0 Å². The Morgan fingerprint density at radius 1 is 1.14 bits per heavy atom. The fourth-order valence-electron chi connectivity index (χ4n) is 3.18. The molecule has 2 rings (SSSR count). The maximum atomic E-state index is 5.53. The summed E-state index contributed by atoms with van der Waals surface area (Å²) in [7, 11) is 4.96. The molecule has 0 saturated carbocycles. The van der Waals surface area contributed by atoms with Gasteiger partial charge in [-0.15, -0.1) is 24.0 Å². The van der Waals surface area contributed by atoms with Gasteiger partial charge in [0.2, 0.25) is 0 Å². The van der Waals surface area contributed by atoms with Crippen molar-refractivity contribution in [3.63, 3.8) is 0 Å². The molecule has 0 aromatic heterocycles. The van der Waals surface area contributed by atoms with Crippen LogP contribution in [-0.4, -0.2) is 57.4 Å². The van der Waals surface area contributed by atoms with Gasteiger partial charge in [0.1, 0.15) is 17.2 Å². The molecule has 2 N–H and O–H groups in total. The van der Waals surface area contributed by atoms with Gasteiger partial charge in [-0.3, -0.25) is 4.99 Å². The highest BCUT2D eigenvalue weighted by Crippen LogP contribution is 2.37. The fourth-order valence-corrected chi connectivity index (χ4v) is 4.41. The van der Waals surface area contributed by atoms with Crippen LogP contribution in [0.3, 0.4) is 0 Å². The van der Waals surface area contributed by atoms with Crippen molar-refractivity contribution in [1.29, 1.82) is 0 Å². The highest BCUT2D eigenvalue weighted by atomic mass is 127. The lowest BCUT2D eigenvalue weighted by atomic mass is 10.1. The molecule has 0 radical (unpaired) electrons. The normalized spacial score (nSPS) is 19.0. The van der Waals surface area contributed by atoms with E-state index in [9.17, 15) is 0 Å². The topological polar surface area (TPSA) is 64.1 Å². The second-order valence-corrected chi connectivity index (χ2v) is 8.47. The van der Waals surface area contributed by atoms with Crippen molar-refractivity contribution in [2.24, 2.45) is 4.99 Å². The number of rotatable bonds is 9. The molecule has 1 heterocycles. The minimum absolute atomic E-state index is 0. The minimum Gasteiger partial charge on any atom is -0.496 e. The van der Waals surface area contributed by atoms with E-state index in [2.05, 4.69) is 24.5 Å². The summed E-state index contributed by atoms with van der Waals surface area (Å²) < 4.78 is 16.6. The van der Waals surface area contributed by atoms with Crippen LogP contribution in [0.25, 0.3) is 0 Å². The van der Waals surface area contributed by atoms with Gasteiger partial charge in [-0.1, -0.05) is 0 Å². The zero-order chi connectivity index (χ0) is 19.7. The van der Waals surface area contributed by atoms with Gasteiger partial charge in [0.05, 0.1) is 27.9 Å². The highest BCUT2D eigenvalue weighted by Gasteiger charge is 2.29. The Kier molecular flexibility index (Phi) is 11.2. The number of thioether (sulfide) groups is 1. The molecule has 1 aliphatic heterocycles. The van der Waals surface area contributed by atoms with Crippen LogP contribution < -0.4 is 24.8 Å². The summed E-state index contributed by atoms with van der Waals surface area (Å²) in [5.41, 5.74) is 1.02. The van der Waals surface area contributed by atoms with Crippen molar-refractivity contribution < 1.29 is 14.2 Å². The van der Waals surface area contributed by atoms with Crippen LogP contribution in [0.1, 0.15) is 32.3 Å². The number of aliphatic imine (C=N–C) groups is 1. The molecule has 0 bridgehead atoms. The van der Waals surface area contributed by atoms with Gasteiger partial charge in [-0.25, -0.2) is 0 Å². The number of hydrogen-bond acceptors (Lipinski definition) is 5. The first-order valence-corrected chi connectivity index (χ1v) is 10.5. The number of nitrogens with one attached hydrogen (secondary N) is 2. The zero-order valence-corrected chi connectivity index (χ0v) is 20.7. The van der Waals surface area contributed by atoms with Crippen LogP contribution in [0.4, 0.5) is 0 Å². The molecule has 0 aliphatic carbocycles. The summed E-state index contributed by atoms with van der Waals surface area (Å²) in [6, 6.07) is 3.77. The van der Waals surface area contributed by atoms with E-state index >= 15 is 0 Å². The maximum absolute atomic E-state index is 5.53. The van der Waals surface area contributed by atoms with Crippen LogP contribution in [-0.2, 0) is 6.42 Å². The Morgan fingerprint density at radius 2 is 1.82 bits per heavy atom. The maximum Gasteiger partial charge on any atom is 0.191 e. The molecule has 1 aliphatic rings. The van der Waals surface area contributed by atoms with Crippen LogP contribution in [0.5, 0.6) is 17.2 Å². The average Bonchev–Trinajstić information content (AvgIpc) is 3.12. The van der Waals surface area contributed by atoms with E-state index in [1.807, 2.05) is 23.9 Å². The van der Waals surface area contributed by atoms with Crippen molar-refractivity contribution in [1.82, 2.24) is 10.6 Å². The summed E-state index contributed by atoms with van der Waals surface area (Å²) >= 11 is 2.03. The standard InChI is InChI=1S/C20H33N3O3S.HI/c1-6-21-19(23-14-20(2)9-7-11-27-20)22-10-8-16-17(25-4)12-15(24-3)13-18(16)26-5;/h12-13H,6-11,14H2,1-5H3,(H2,21,22,23);1H. The number of benzene rings is 1. The molecule has 1 saturated heterocycles. The molecule has 8 heteroatoms. The van der Waals surface area contributed by atoms with E-state index in [-0.39, 0.29) is 28.7 Å². The van der Waals surface area contributed by atoms with Crippen molar-refractivity contribution in [3.8, 4) is 17.2 Å². The molecule has 0 amide bonds. The second-order valence-electron chi connectivity index (χ2n) is 6.78. The first-order valence-electron chi connectivity index (χ1n) is 9.50. The fraction of sp³-hybridized carbons (Fsp3) is 0.650. The quantitative estimate of drug-likeness (QED) is 0.293. The van der Waals surface area contributed by atoms with E-state index in [4.69, 9.17) is 19.2 Å². The van der Waals surface area contributed by atoms with E-state index in [1.165, 1.54) is 18.6 Å². The molecular weight excluding hydrogens is 489 g/mol. The van der Waals surface area contributed by atoms with Crippen LogP contribution >= 0.6 is 35.7 Å². The monoisotopic (exact) mass is 523 g/mol. The summed E-state index contributed by atoms with van der Waals surface area (Å²) in [6.07, 6.45) is 3.28. The van der Waals surface area contributed by atoms with Crippen LogP contribution in [0.15, 0.2) is 17.1 Å². The van der Waals surface area contributed by atoms with Gasteiger partial charge in [0, 0.05) is 35.5 Å². The Hall–Kier alpha value is -1.03. The number of hydrogen-bond donors (Lipinski definition) is 2. The average molecular weight is 523 g/mol. The Balaban J connectivity index is 0.00000392. The molecule has 1 aromatic carbocycles. The molecule has 28 heavy (non-hydrogen) atoms. The van der Waals surface area contributed by atoms with Crippen LogP contribution in [0, 0.1) is 0 Å². The van der Waals surface area contributed by atoms with Crippen LogP contribution in [0.2, 0.25) is 0 Å². The second kappa shape index (κ2) is 12.5. The van der Waals surface area contributed by atoms with Gasteiger partial charge < -0.3 is 24.8 Å². The van der Waals surface area contributed by atoms with Gasteiger partial charge in [-0.05, 0) is 38.9 Å². The molecule has 1 aromatic rings. The Morgan fingerprint density at radius 3 is 2.32 bits per heavy atom. The molecule has 160 valence electrons. The van der Waals surface area contributed by atoms with Gasteiger partial charge >= 0.3 is 0 Å². The largest absolute Gasteiger partial charge is 0.496 e. The molecule has 0 spiro atoms. The first kappa shape index (κ1) is 25.0. The molecule has 1 fully saturated rings. The summed E-state index contributed by atoms with van der Waals surface area (Å²) in [4.78, 5) is 4.80. The third-order valence-corrected chi connectivity index (χ3v) is 6.22. The van der Waals surface area contributed by atoms with Crippen molar-refractivity contribution in [2.45, 2.75) is 37.9 Å². The number of ether oxygens (including phenoxy) is 3. The van der Waals surface area contributed by atoms with Crippen molar-refractivity contribution >= 4 is 41.7 Å². The predicted octanol–water partition coefficient (Wildman–Crippen LogP) is 3.71. The summed E-state index contributed by atoms with van der Waals surface area (Å²) in [6.45, 7) is 6.80. The highest BCUT2D eigenvalue weighted by molar-refractivity contribution is 14.0. The molecule has 1 atom stereocenters. The number of methoxy groups -OCH3 is 3. The number of halogens is 1. The van der Waals surface area contributed by atoms with E-state index in [0.29, 0.717) is 0 Å². The minimum atomic E-state index is 0. The lowest BCUT2D eigenvalue weighted by molar-refractivity contribution is 0.368. The lowest BCUT2D eigenvalue weighted by Crippen LogP contribution is -2.39. The third-order valence-electron chi connectivity index (χ3n) is 4.70. The zero-order valence-electron chi connectivity index (χ0n) is 17.6. The van der Waals surface area contributed by atoms with E-state index < -0.39 is 0 Å². The number of guanidine groups is 1. The summed E-state index contributed by atoms with van der Waals surface area (Å²) in [5, 5.41) is 6.76. The number of nitrogens with zero attached hydrogens (tertiary/aromatic N) is 1. The van der Waals surface area contributed by atoms with E-state index in [1.54, 1.807) is 21.3 Å². The summed E-state index contributed by atoms with van der Waals surface area (Å²) in [5.74, 6) is 4.36. The Bertz CT molecular complexity index is 612. The Labute approximate surface area is 190 Å². The van der Waals surface area contributed by atoms with E-state index in [0.717, 1.165) is 54.8 Å². The van der Waals surface area contributed by atoms with Gasteiger partial charge in [0.15, 0.2) is 5.96 Å². The first-order chi connectivity index (χ1) is 13.0. The predicted molar refractivity (Wildman–Crippen MR) is 129 cm³/mol. The van der Waals surface area contributed by atoms with Crippen molar-refractivity contribution in [2.75, 3.05) is 46.7 Å². The molecule has 1 unspecified atom stereocenters. The third kappa shape index (κ3) is 7.09. The van der Waals surface area contributed by atoms with Gasteiger partial charge in [-0.2, -0.15) is 11.8 Å². The lowest BCUT2D eigenvalue weighted by Gasteiger charge is -2.21. The van der Waals surface area contributed by atoms with Crippen molar-refractivity contribution in [3.05, 3.63) is 17.7 Å². The SMILES string of the molecule is CCNC(=NCC1(C)CCCS1)NCCc1c(OC)cc(OC)cc1OC.I.